The number of alkyl halides is 1. The van der Waals surface area contributed by atoms with Crippen molar-refractivity contribution in [3.05, 3.63) is 28.5 Å². The largest absolute Gasteiger partial charge is 0.494 e. The summed E-state index contributed by atoms with van der Waals surface area (Å²) in [5.41, 5.74) is 0.348. The summed E-state index contributed by atoms with van der Waals surface area (Å²) in [7, 11) is 1.38. The minimum atomic E-state index is -0.447. The topological polar surface area (TPSA) is 9.23 Å². The molecule has 4 heteroatoms. The number of ether oxygens (including phenoxy) is 1. The number of hydrogen-bond donors (Lipinski definition) is 0. The van der Waals surface area contributed by atoms with Gasteiger partial charge in [0.05, 0.1) is 13.0 Å². The van der Waals surface area contributed by atoms with E-state index in [4.69, 9.17) is 27.9 Å². The average Bonchev–Trinajstić information content (AvgIpc) is 2.08. The molecule has 66 valence electrons. The van der Waals surface area contributed by atoms with E-state index in [1.165, 1.54) is 19.2 Å². The Bertz CT molecular complexity index is 263. The average molecular weight is 209 g/mol. The van der Waals surface area contributed by atoms with Gasteiger partial charge < -0.3 is 4.74 Å². The van der Waals surface area contributed by atoms with Crippen LogP contribution in [0.15, 0.2) is 12.1 Å². The molecule has 0 fully saturated rings. The summed E-state index contributed by atoms with van der Waals surface area (Å²) in [5.74, 6) is -0.238. The highest BCUT2D eigenvalue weighted by atomic mass is 35.5. The van der Waals surface area contributed by atoms with Crippen molar-refractivity contribution in [1.29, 1.82) is 0 Å². The fourth-order valence-corrected chi connectivity index (χ4v) is 1.29. The number of benzene rings is 1. The van der Waals surface area contributed by atoms with Crippen molar-refractivity contribution in [2.24, 2.45) is 0 Å². The molecule has 0 N–H and O–H groups in total. The van der Waals surface area contributed by atoms with Crippen LogP contribution in [0.1, 0.15) is 5.56 Å². The van der Waals surface area contributed by atoms with Crippen molar-refractivity contribution in [2.45, 2.75) is 5.88 Å². The highest BCUT2D eigenvalue weighted by Gasteiger charge is 2.09. The van der Waals surface area contributed by atoms with Crippen LogP contribution in [0.25, 0.3) is 0 Å². The molecular weight excluding hydrogens is 202 g/mol. The van der Waals surface area contributed by atoms with Crippen molar-refractivity contribution in [3.63, 3.8) is 0 Å². The molecule has 0 aromatic heterocycles. The lowest BCUT2D eigenvalue weighted by atomic mass is 10.2. The maximum atomic E-state index is 13.2. The van der Waals surface area contributed by atoms with E-state index in [-0.39, 0.29) is 11.6 Å². The van der Waals surface area contributed by atoms with Gasteiger partial charge in [-0.1, -0.05) is 11.6 Å². The van der Waals surface area contributed by atoms with Crippen LogP contribution in [-0.2, 0) is 5.88 Å². The molecule has 0 aliphatic rings. The van der Waals surface area contributed by atoms with Gasteiger partial charge in [-0.3, -0.25) is 0 Å². The van der Waals surface area contributed by atoms with E-state index in [0.29, 0.717) is 10.6 Å². The van der Waals surface area contributed by atoms with Gasteiger partial charge in [-0.25, -0.2) is 4.39 Å². The van der Waals surface area contributed by atoms with Gasteiger partial charge >= 0.3 is 0 Å². The van der Waals surface area contributed by atoms with Gasteiger partial charge in [-0.15, -0.1) is 11.6 Å². The van der Waals surface area contributed by atoms with Crippen LogP contribution >= 0.6 is 23.2 Å². The summed E-state index contributed by atoms with van der Waals surface area (Å²) < 4.78 is 17.9. The van der Waals surface area contributed by atoms with Gasteiger partial charge in [0, 0.05) is 16.7 Å². The second-order valence-corrected chi connectivity index (χ2v) is 2.92. The zero-order chi connectivity index (χ0) is 9.14. The van der Waals surface area contributed by atoms with Crippen molar-refractivity contribution in [3.8, 4) is 5.75 Å². The van der Waals surface area contributed by atoms with E-state index in [2.05, 4.69) is 0 Å². The van der Waals surface area contributed by atoms with Gasteiger partial charge in [-0.2, -0.15) is 0 Å². The van der Waals surface area contributed by atoms with E-state index in [1.54, 1.807) is 0 Å². The molecule has 0 saturated carbocycles. The summed E-state index contributed by atoms with van der Waals surface area (Å²) >= 11 is 11.2. The van der Waals surface area contributed by atoms with E-state index in [1.807, 2.05) is 0 Å². The van der Waals surface area contributed by atoms with Crippen molar-refractivity contribution in [1.82, 2.24) is 0 Å². The Hall–Kier alpha value is -0.470. The quantitative estimate of drug-likeness (QED) is 0.679. The molecule has 12 heavy (non-hydrogen) atoms. The second kappa shape index (κ2) is 3.97. The van der Waals surface area contributed by atoms with E-state index in [0.717, 1.165) is 0 Å². The lowest BCUT2D eigenvalue weighted by Crippen LogP contribution is -1.92. The summed E-state index contributed by atoms with van der Waals surface area (Å²) in [6.45, 7) is 0. The number of halogens is 3. The minimum Gasteiger partial charge on any atom is -0.494 e. The molecule has 1 aromatic carbocycles. The van der Waals surface area contributed by atoms with Gasteiger partial charge in [-0.05, 0) is 6.07 Å². The van der Waals surface area contributed by atoms with Crippen LogP contribution < -0.4 is 4.74 Å². The molecule has 1 rings (SSSR count). The number of rotatable bonds is 2. The summed E-state index contributed by atoms with van der Waals surface area (Å²) in [6.07, 6.45) is 0. The van der Waals surface area contributed by atoms with Crippen LogP contribution in [-0.4, -0.2) is 7.11 Å². The summed E-state index contributed by atoms with van der Waals surface area (Å²) in [4.78, 5) is 0. The minimum absolute atomic E-state index is 0.0861. The first-order valence-corrected chi connectivity index (χ1v) is 4.18. The molecule has 0 spiro atoms. The molecule has 0 atom stereocenters. The van der Waals surface area contributed by atoms with E-state index < -0.39 is 5.82 Å². The molecule has 0 bridgehead atoms. The number of hydrogen-bond acceptors (Lipinski definition) is 1. The Morgan fingerprint density at radius 2 is 2.17 bits per heavy atom. The molecule has 0 saturated heterocycles. The van der Waals surface area contributed by atoms with Gasteiger partial charge in [0.1, 0.15) is 0 Å². The maximum Gasteiger partial charge on any atom is 0.169 e. The number of methoxy groups -OCH3 is 1. The monoisotopic (exact) mass is 208 g/mol. The fraction of sp³-hybridized carbons (Fsp3) is 0.250. The van der Waals surface area contributed by atoms with Crippen LogP contribution in [0.3, 0.4) is 0 Å². The fourth-order valence-electron chi connectivity index (χ4n) is 0.864. The van der Waals surface area contributed by atoms with Crippen molar-refractivity contribution in [2.75, 3.05) is 7.11 Å². The third-order valence-corrected chi connectivity index (χ3v) is 1.95. The molecule has 0 amide bonds. The Labute approximate surface area is 80.0 Å². The molecule has 0 heterocycles. The SMILES string of the molecule is COc1cc(Cl)cc(CCl)c1F. The van der Waals surface area contributed by atoms with Crippen LogP contribution in [0, 0.1) is 5.82 Å². The molecular formula is C8H7Cl2FO. The molecule has 1 aromatic rings. The maximum absolute atomic E-state index is 13.2. The Balaban J connectivity index is 3.22. The van der Waals surface area contributed by atoms with E-state index >= 15 is 0 Å². The Kier molecular flexibility index (Phi) is 3.18. The van der Waals surface area contributed by atoms with Crippen molar-refractivity contribution >= 4 is 23.2 Å². The van der Waals surface area contributed by atoms with Crippen LogP contribution in [0.2, 0.25) is 5.02 Å². The first kappa shape index (κ1) is 9.62. The van der Waals surface area contributed by atoms with Gasteiger partial charge in [0.25, 0.3) is 0 Å². The predicted octanol–water partition coefficient (Wildman–Crippen LogP) is 3.23. The van der Waals surface area contributed by atoms with Gasteiger partial charge in [0.2, 0.25) is 0 Å². The first-order chi connectivity index (χ1) is 5.69. The lowest BCUT2D eigenvalue weighted by Gasteiger charge is -2.05. The Morgan fingerprint density at radius 3 is 2.67 bits per heavy atom. The second-order valence-electron chi connectivity index (χ2n) is 2.21. The summed E-state index contributed by atoms with van der Waals surface area (Å²) in [5, 5.41) is 0.420. The third kappa shape index (κ3) is 1.82. The van der Waals surface area contributed by atoms with Crippen LogP contribution in [0.4, 0.5) is 4.39 Å². The Morgan fingerprint density at radius 1 is 1.50 bits per heavy atom. The predicted molar refractivity (Wildman–Crippen MR) is 47.5 cm³/mol. The smallest absolute Gasteiger partial charge is 0.169 e. The van der Waals surface area contributed by atoms with Gasteiger partial charge in [0.15, 0.2) is 11.6 Å². The summed E-state index contributed by atoms with van der Waals surface area (Å²) in [6, 6.07) is 2.89. The third-order valence-electron chi connectivity index (χ3n) is 1.44. The first-order valence-electron chi connectivity index (χ1n) is 3.27. The molecule has 0 radical (unpaired) electrons. The molecule has 1 nitrogen and oxygen atoms in total. The zero-order valence-electron chi connectivity index (χ0n) is 6.40. The molecule has 0 aliphatic carbocycles. The lowest BCUT2D eigenvalue weighted by molar-refractivity contribution is 0.385. The standard InChI is InChI=1S/C8H7Cl2FO/c1-12-7-3-6(10)2-5(4-9)8(7)11/h2-3H,4H2,1H3. The van der Waals surface area contributed by atoms with Crippen molar-refractivity contribution < 1.29 is 9.13 Å². The normalized spacial score (nSPS) is 10.0. The zero-order valence-corrected chi connectivity index (χ0v) is 7.92. The molecule has 0 aliphatic heterocycles. The highest BCUT2D eigenvalue weighted by Crippen LogP contribution is 2.26. The highest BCUT2D eigenvalue weighted by molar-refractivity contribution is 6.30. The molecule has 0 unspecified atom stereocenters. The van der Waals surface area contributed by atoms with Crippen LogP contribution in [0.5, 0.6) is 5.75 Å². The van der Waals surface area contributed by atoms with E-state index in [9.17, 15) is 4.39 Å².